The highest BCUT2D eigenvalue weighted by molar-refractivity contribution is 14.1. The molecule has 1 heterocycles. The van der Waals surface area contributed by atoms with Crippen molar-refractivity contribution in [2.45, 2.75) is 6.42 Å². The third kappa shape index (κ3) is 3.29. The summed E-state index contributed by atoms with van der Waals surface area (Å²) in [6, 6.07) is 11.3. The molecule has 21 heavy (non-hydrogen) atoms. The van der Waals surface area contributed by atoms with Crippen LogP contribution in [0, 0.1) is 9.39 Å². The molecule has 0 aliphatic carbocycles. The lowest BCUT2D eigenvalue weighted by atomic mass is 10.0. The summed E-state index contributed by atoms with van der Waals surface area (Å²) in [6.45, 7) is 0.775. The molecule has 0 aromatic heterocycles. The Morgan fingerprint density at radius 2 is 2.05 bits per heavy atom. The summed E-state index contributed by atoms with van der Waals surface area (Å²) in [5.41, 5.74) is 2.90. The van der Waals surface area contributed by atoms with Crippen LogP contribution in [0.1, 0.15) is 11.1 Å². The summed E-state index contributed by atoms with van der Waals surface area (Å²) in [5, 5.41) is 0. The highest BCUT2D eigenvalue weighted by atomic mass is 127. The van der Waals surface area contributed by atoms with Crippen molar-refractivity contribution in [1.82, 2.24) is 0 Å². The van der Waals surface area contributed by atoms with Gasteiger partial charge in [0.05, 0.1) is 12.7 Å². The van der Waals surface area contributed by atoms with Gasteiger partial charge < -0.3 is 21.7 Å². The van der Waals surface area contributed by atoms with E-state index in [0.717, 1.165) is 27.8 Å². The van der Waals surface area contributed by atoms with Crippen molar-refractivity contribution in [3.8, 4) is 5.75 Å². The lowest BCUT2D eigenvalue weighted by Gasteiger charge is -2.14. The van der Waals surface area contributed by atoms with E-state index in [2.05, 4.69) is 28.7 Å². The van der Waals surface area contributed by atoms with E-state index in [1.165, 1.54) is 5.56 Å². The summed E-state index contributed by atoms with van der Waals surface area (Å²) >= 11 is 2.12. The van der Waals surface area contributed by atoms with E-state index in [0.29, 0.717) is 5.69 Å². The number of hydrogen-bond donors (Lipinski definition) is 0. The van der Waals surface area contributed by atoms with Gasteiger partial charge in [-0.1, -0.05) is 12.1 Å². The van der Waals surface area contributed by atoms with E-state index in [1.807, 2.05) is 35.1 Å². The summed E-state index contributed by atoms with van der Waals surface area (Å²) in [6.07, 6.45) is 2.86. The summed E-state index contributed by atoms with van der Waals surface area (Å²) in [5.74, 6) is 0.643. The molecule has 1 aliphatic heterocycles. The predicted octanol–water partition coefficient (Wildman–Crippen LogP) is 0.762. The number of benzene rings is 2. The molecule has 0 amide bonds. The van der Waals surface area contributed by atoms with Crippen LogP contribution in [-0.2, 0) is 6.42 Å². The van der Waals surface area contributed by atoms with Gasteiger partial charge >= 0.3 is 0 Å². The molecule has 1 aliphatic rings. The molecule has 2 aromatic rings. The highest BCUT2D eigenvalue weighted by Crippen LogP contribution is 2.27. The quantitative estimate of drug-likeness (QED) is 0.475. The van der Waals surface area contributed by atoms with E-state index >= 15 is 0 Å². The van der Waals surface area contributed by atoms with Crippen LogP contribution in [-0.4, -0.2) is 24.4 Å². The first-order chi connectivity index (χ1) is 9.69. The van der Waals surface area contributed by atoms with Gasteiger partial charge in [0.15, 0.2) is 18.6 Å². The maximum Gasteiger partial charge on any atom is 0.241 e. The maximum atomic E-state index is 14.1. The van der Waals surface area contributed by atoms with Crippen molar-refractivity contribution in [3.05, 3.63) is 56.9 Å². The van der Waals surface area contributed by atoms with Gasteiger partial charge in [0.25, 0.3) is 0 Å². The second-order valence-electron chi connectivity index (χ2n) is 4.70. The van der Waals surface area contributed by atoms with Gasteiger partial charge in [-0.2, -0.15) is 8.97 Å². The van der Waals surface area contributed by atoms with Crippen LogP contribution >= 0.6 is 22.6 Å². The van der Waals surface area contributed by atoms with Crippen molar-refractivity contribution in [2.75, 3.05) is 13.7 Å². The van der Waals surface area contributed by atoms with Gasteiger partial charge in [-0.3, -0.25) is 0 Å². The van der Waals surface area contributed by atoms with Crippen LogP contribution < -0.4 is 21.7 Å². The number of rotatable bonds is 2. The molecule has 5 heteroatoms. The van der Waals surface area contributed by atoms with E-state index in [9.17, 15) is 4.39 Å². The zero-order valence-electron chi connectivity index (χ0n) is 11.4. The smallest absolute Gasteiger partial charge is 0.241 e. The largest absolute Gasteiger partial charge is 1.00 e. The fraction of sp³-hybridized carbons (Fsp3) is 0.188. The van der Waals surface area contributed by atoms with Crippen LogP contribution in [0.2, 0.25) is 0 Å². The predicted molar refractivity (Wildman–Crippen MR) is 85.8 cm³/mol. The fourth-order valence-electron chi connectivity index (χ4n) is 2.50. The number of halogens is 3. The van der Waals surface area contributed by atoms with Crippen molar-refractivity contribution < 1.29 is 30.7 Å². The molecule has 2 aromatic carbocycles. The molecule has 2 nitrogen and oxygen atoms in total. The number of nitrogens with zero attached hydrogens (tertiary/aromatic N) is 1. The van der Waals surface area contributed by atoms with Crippen LogP contribution in [0.5, 0.6) is 5.75 Å². The molecule has 0 fully saturated rings. The van der Waals surface area contributed by atoms with Crippen molar-refractivity contribution in [1.29, 1.82) is 0 Å². The highest BCUT2D eigenvalue weighted by Gasteiger charge is 2.23. The molecule has 0 atom stereocenters. The monoisotopic (exact) mass is 461 g/mol. The van der Waals surface area contributed by atoms with Crippen LogP contribution in [0.25, 0.3) is 0 Å². The molecule has 0 saturated heterocycles. The Balaban J connectivity index is 0.00000161. The molecular weight excluding hydrogens is 448 g/mol. The lowest BCUT2D eigenvalue weighted by Crippen LogP contribution is -3.00. The molecule has 3 rings (SSSR count). The Bertz CT molecular complexity index is 703. The molecule has 0 unspecified atom stereocenters. The average Bonchev–Trinajstić information content (AvgIpc) is 2.46. The molecule has 0 bridgehead atoms. The number of ether oxygens (including phenoxy) is 1. The minimum absolute atomic E-state index is 0. The van der Waals surface area contributed by atoms with Crippen molar-refractivity contribution >= 4 is 34.5 Å². The summed E-state index contributed by atoms with van der Waals surface area (Å²) in [7, 11) is 1.66. The zero-order chi connectivity index (χ0) is 14.1. The van der Waals surface area contributed by atoms with Gasteiger partial charge in [-0.05, 0) is 46.4 Å². The van der Waals surface area contributed by atoms with Crippen LogP contribution in [0.3, 0.4) is 0 Å². The third-order valence-corrected chi connectivity index (χ3v) is 4.17. The van der Waals surface area contributed by atoms with Crippen LogP contribution in [0.15, 0.2) is 36.4 Å². The molecule has 110 valence electrons. The van der Waals surface area contributed by atoms with Crippen molar-refractivity contribution in [3.63, 3.8) is 0 Å². The Kier molecular flexibility index (Phi) is 5.37. The van der Waals surface area contributed by atoms with E-state index in [-0.39, 0.29) is 22.8 Å². The number of hydrogen-bond acceptors (Lipinski definition) is 1. The Hall–Kier alpha value is -0.950. The average molecular weight is 462 g/mol. The SMILES string of the molecule is COc1cccc2c1C=[N+](c1ccc(I)cc1F)CC2.[Br-]. The maximum absolute atomic E-state index is 14.1. The summed E-state index contributed by atoms with van der Waals surface area (Å²) in [4.78, 5) is 0. The summed E-state index contributed by atoms with van der Waals surface area (Å²) < 4.78 is 22.3. The zero-order valence-corrected chi connectivity index (χ0v) is 15.2. The molecule has 0 saturated carbocycles. The molecule has 0 radical (unpaired) electrons. The standard InChI is InChI=1S/C16H14FINO.BrH/c1-20-16-4-2-3-11-7-8-19(10-13(11)16)15-6-5-12(18)9-14(15)17;/h2-6,9-10H,7-8H2,1H3;1H/q+1;/p-1. The minimum atomic E-state index is -0.188. The van der Waals surface area contributed by atoms with E-state index < -0.39 is 0 Å². The first kappa shape index (κ1) is 16.4. The van der Waals surface area contributed by atoms with E-state index in [4.69, 9.17) is 4.74 Å². The number of fused-ring (bicyclic) bond motifs is 1. The minimum Gasteiger partial charge on any atom is -1.00 e. The first-order valence-corrected chi connectivity index (χ1v) is 7.49. The van der Waals surface area contributed by atoms with Gasteiger partial charge in [-0.15, -0.1) is 0 Å². The Morgan fingerprint density at radius 1 is 1.24 bits per heavy atom. The van der Waals surface area contributed by atoms with Gasteiger partial charge in [0, 0.05) is 16.1 Å². The molecular formula is C16H14BrFINO. The lowest BCUT2D eigenvalue weighted by molar-refractivity contribution is -0.438. The van der Waals surface area contributed by atoms with Gasteiger partial charge in [0.1, 0.15) is 5.75 Å². The van der Waals surface area contributed by atoms with Crippen molar-refractivity contribution in [2.24, 2.45) is 0 Å². The fourth-order valence-corrected chi connectivity index (χ4v) is 2.95. The molecule has 0 spiro atoms. The van der Waals surface area contributed by atoms with Gasteiger partial charge in [0.2, 0.25) is 5.69 Å². The Morgan fingerprint density at radius 3 is 2.76 bits per heavy atom. The third-order valence-electron chi connectivity index (χ3n) is 3.50. The first-order valence-electron chi connectivity index (χ1n) is 6.41. The van der Waals surface area contributed by atoms with E-state index in [1.54, 1.807) is 13.2 Å². The molecule has 0 N–H and O–H groups in total. The number of methoxy groups -OCH3 is 1. The topological polar surface area (TPSA) is 12.2 Å². The van der Waals surface area contributed by atoms with Crippen LogP contribution in [0.4, 0.5) is 10.1 Å². The second kappa shape index (κ2) is 6.87. The van der Waals surface area contributed by atoms with Gasteiger partial charge in [-0.25, -0.2) is 0 Å². The Labute approximate surface area is 147 Å². The normalized spacial score (nSPS) is 13.0. The second-order valence-corrected chi connectivity index (χ2v) is 5.95.